The highest BCUT2D eigenvalue weighted by molar-refractivity contribution is 9.12. The van der Waals surface area contributed by atoms with Crippen molar-refractivity contribution in [3.8, 4) is 0 Å². The first-order valence-electron chi connectivity index (χ1n) is 6.28. The van der Waals surface area contributed by atoms with Crippen LogP contribution in [0.1, 0.15) is 11.1 Å². The van der Waals surface area contributed by atoms with Crippen molar-refractivity contribution in [2.75, 3.05) is 5.32 Å². The van der Waals surface area contributed by atoms with Crippen molar-refractivity contribution in [1.29, 1.82) is 0 Å². The molecule has 2 rings (SSSR count). The normalized spacial score (nSPS) is 12.1. The number of halogens is 4. The molecular formula is C16H11BrF3NO. The molecule has 6 heteroatoms. The molecule has 0 fully saturated rings. The number of alkyl halides is 3. The second kappa shape index (κ2) is 6.79. The summed E-state index contributed by atoms with van der Waals surface area (Å²) >= 11 is 3.08. The van der Waals surface area contributed by atoms with Crippen LogP contribution in [0.25, 0.3) is 6.08 Å². The molecule has 0 aliphatic carbocycles. The molecule has 2 aromatic rings. The van der Waals surface area contributed by atoms with E-state index in [2.05, 4.69) is 21.2 Å². The third-order valence-electron chi connectivity index (χ3n) is 2.79. The van der Waals surface area contributed by atoms with Crippen LogP contribution in [0.4, 0.5) is 18.9 Å². The van der Waals surface area contributed by atoms with Crippen molar-refractivity contribution in [1.82, 2.24) is 0 Å². The Morgan fingerprint density at radius 3 is 2.23 bits per heavy atom. The summed E-state index contributed by atoms with van der Waals surface area (Å²) in [5, 5.41) is 2.26. The Labute approximate surface area is 133 Å². The molecular weight excluding hydrogens is 359 g/mol. The molecule has 114 valence electrons. The van der Waals surface area contributed by atoms with Gasteiger partial charge in [-0.05, 0) is 39.7 Å². The molecule has 2 nitrogen and oxygen atoms in total. The minimum atomic E-state index is -4.53. The van der Waals surface area contributed by atoms with Crippen LogP contribution in [-0.2, 0) is 11.0 Å². The van der Waals surface area contributed by atoms with Crippen molar-refractivity contribution < 1.29 is 18.0 Å². The predicted molar refractivity (Wildman–Crippen MR) is 83.4 cm³/mol. The molecule has 0 saturated heterocycles. The second-order valence-electron chi connectivity index (χ2n) is 4.40. The minimum absolute atomic E-state index is 0.135. The second-order valence-corrected chi connectivity index (χ2v) is 5.25. The number of carbonyl (C=O) groups excluding carboxylic acids is 1. The fourth-order valence-electron chi connectivity index (χ4n) is 1.78. The maximum absolute atomic E-state index is 12.9. The number of nitrogens with one attached hydrogen (secondary N) is 1. The Hall–Kier alpha value is -2.08. The van der Waals surface area contributed by atoms with Crippen LogP contribution in [0.2, 0.25) is 0 Å². The minimum Gasteiger partial charge on any atom is -0.321 e. The van der Waals surface area contributed by atoms with E-state index >= 15 is 0 Å². The summed E-state index contributed by atoms with van der Waals surface area (Å²) in [6, 6.07) is 13.8. The lowest BCUT2D eigenvalue weighted by Gasteiger charge is -2.13. The van der Waals surface area contributed by atoms with Gasteiger partial charge in [-0.15, -0.1) is 0 Å². The summed E-state index contributed by atoms with van der Waals surface area (Å²) < 4.78 is 38.7. The number of rotatable bonds is 3. The third kappa shape index (κ3) is 4.21. The number of amides is 1. The van der Waals surface area contributed by atoms with Gasteiger partial charge in [0, 0.05) is 0 Å². The van der Waals surface area contributed by atoms with E-state index in [1.807, 2.05) is 6.07 Å². The molecule has 0 aliphatic heterocycles. The number of carbonyl (C=O) groups is 1. The van der Waals surface area contributed by atoms with E-state index < -0.39 is 17.6 Å². The number of hydrogen-bond donors (Lipinski definition) is 1. The Kier molecular flexibility index (Phi) is 5.03. The van der Waals surface area contributed by atoms with Crippen molar-refractivity contribution in [2.24, 2.45) is 0 Å². The fourth-order valence-corrected chi connectivity index (χ4v) is 2.15. The summed E-state index contributed by atoms with van der Waals surface area (Å²) in [4.78, 5) is 12.0. The van der Waals surface area contributed by atoms with E-state index in [-0.39, 0.29) is 10.2 Å². The van der Waals surface area contributed by atoms with Gasteiger partial charge in [0.25, 0.3) is 5.91 Å². The van der Waals surface area contributed by atoms with Gasteiger partial charge in [-0.25, -0.2) is 0 Å². The van der Waals surface area contributed by atoms with Crippen molar-refractivity contribution in [3.05, 3.63) is 70.2 Å². The Balaban J connectivity index is 2.21. The first-order chi connectivity index (χ1) is 10.4. The zero-order chi connectivity index (χ0) is 16.2. The predicted octanol–water partition coefficient (Wildman–Crippen LogP) is 5.08. The highest BCUT2D eigenvalue weighted by atomic mass is 79.9. The van der Waals surface area contributed by atoms with Crippen molar-refractivity contribution in [3.63, 3.8) is 0 Å². The molecule has 22 heavy (non-hydrogen) atoms. The van der Waals surface area contributed by atoms with Crippen LogP contribution in [0.5, 0.6) is 0 Å². The lowest BCUT2D eigenvalue weighted by molar-refractivity contribution is -0.136. The summed E-state index contributed by atoms with van der Waals surface area (Å²) in [5.41, 5.74) is -0.407. The van der Waals surface area contributed by atoms with Gasteiger partial charge in [0.15, 0.2) is 0 Å². The van der Waals surface area contributed by atoms with Crippen LogP contribution >= 0.6 is 15.9 Å². The van der Waals surface area contributed by atoms with Gasteiger partial charge in [0.2, 0.25) is 0 Å². The Morgan fingerprint density at radius 2 is 1.59 bits per heavy atom. The molecule has 0 bridgehead atoms. The largest absolute Gasteiger partial charge is 0.418 e. The van der Waals surface area contributed by atoms with Crippen LogP contribution in [0.15, 0.2) is 59.1 Å². The monoisotopic (exact) mass is 369 g/mol. The van der Waals surface area contributed by atoms with E-state index in [4.69, 9.17) is 0 Å². The number of anilines is 1. The first-order valence-corrected chi connectivity index (χ1v) is 7.07. The number of hydrogen-bond acceptors (Lipinski definition) is 1. The Bertz CT molecular complexity index is 696. The quantitative estimate of drug-likeness (QED) is 0.751. The fraction of sp³-hybridized carbons (Fsp3) is 0.0625. The molecule has 1 N–H and O–H groups in total. The molecule has 0 aromatic heterocycles. The lowest BCUT2D eigenvalue weighted by atomic mass is 10.1. The Morgan fingerprint density at radius 1 is 1.00 bits per heavy atom. The summed E-state index contributed by atoms with van der Waals surface area (Å²) in [6.07, 6.45) is -3.00. The van der Waals surface area contributed by atoms with Crippen LogP contribution in [0, 0.1) is 0 Å². The zero-order valence-electron chi connectivity index (χ0n) is 11.2. The highest BCUT2D eigenvalue weighted by Gasteiger charge is 2.33. The third-order valence-corrected chi connectivity index (χ3v) is 3.38. The maximum atomic E-state index is 12.9. The zero-order valence-corrected chi connectivity index (χ0v) is 12.8. The molecule has 0 saturated carbocycles. The molecule has 0 unspecified atom stereocenters. The average Bonchev–Trinajstić information content (AvgIpc) is 2.47. The van der Waals surface area contributed by atoms with Crippen molar-refractivity contribution in [2.45, 2.75) is 6.18 Å². The topological polar surface area (TPSA) is 29.1 Å². The molecule has 0 radical (unpaired) electrons. The van der Waals surface area contributed by atoms with Crippen molar-refractivity contribution >= 4 is 33.6 Å². The van der Waals surface area contributed by atoms with Gasteiger partial charge in [0.05, 0.1) is 15.7 Å². The highest BCUT2D eigenvalue weighted by Crippen LogP contribution is 2.34. The molecule has 0 spiro atoms. The molecule has 0 aliphatic rings. The number of para-hydroxylation sites is 1. The van der Waals surface area contributed by atoms with E-state index in [1.165, 1.54) is 24.3 Å². The molecule has 0 atom stereocenters. The van der Waals surface area contributed by atoms with Gasteiger partial charge in [-0.2, -0.15) is 13.2 Å². The summed E-state index contributed by atoms with van der Waals surface area (Å²) in [5.74, 6) is -0.652. The van der Waals surface area contributed by atoms with Crippen LogP contribution in [0.3, 0.4) is 0 Å². The molecule has 2 aromatic carbocycles. The standard InChI is InChI=1S/C16H11BrF3NO/c17-13(10-11-6-2-1-3-7-11)15(22)21-14-9-5-4-8-12(14)16(18,19)20/h1-10H,(H,21,22). The van der Waals surface area contributed by atoms with E-state index in [0.29, 0.717) is 0 Å². The van der Waals surface area contributed by atoms with Crippen LogP contribution in [-0.4, -0.2) is 5.91 Å². The van der Waals surface area contributed by atoms with E-state index in [1.54, 1.807) is 24.3 Å². The SMILES string of the molecule is O=C(Nc1ccccc1C(F)(F)F)C(Br)=Cc1ccccc1. The van der Waals surface area contributed by atoms with Gasteiger partial charge in [-0.3, -0.25) is 4.79 Å². The van der Waals surface area contributed by atoms with E-state index in [9.17, 15) is 18.0 Å². The molecule has 1 amide bonds. The molecule has 0 heterocycles. The summed E-state index contributed by atoms with van der Waals surface area (Å²) in [7, 11) is 0. The van der Waals surface area contributed by atoms with Gasteiger partial charge in [-0.1, -0.05) is 42.5 Å². The van der Waals surface area contributed by atoms with Crippen LogP contribution < -0.4 is 5.32 Å². The van der Waals surface area contributed by atoms with E-state index in [0.717, 1.165) is 11.6 Å². The summed E-state index contributed by atoms with van der Waals surface area (Å²) in [6.45, 7) is 0. The number of benzene rings is 2. The lowest BCUT2D eigenvalue weighted by Crippen LogP contribution is -2.16. The van der Waals surface area contributed by atoms with Gasteiger partial charge in [0.1, 0.15) is 0 Å². The van der Waals surface area contributed by atoms with Gasteiger partial charge >= 0.3 is 6.18 Å². The smallest absolute Gasteiger partial charge is 0.321 e. The first kappa shape index (κ1) is 16.3. The van der Waals surface area contributed by atoms with Gasteiger partial charge < -0.3 is 5.32 Å². The average molecular weight is 370 g/mol. The maximum Gasteiger partial charge on any atom is 0.418 e.